The molecule has 1 N–H and O–H groups in total. The van der Waals surface area contributed by atoms with Gasteiger partial charge in [-0.2, -0.15) is 0 Å². The molecule has 0 heterocycles. The van der Waals surface area contributed by atoms with Gasteiger partial charge in [-0.1, -0.05) is 68.7 Å². The van der Waals surface area contributed by atoms with E-state index < -0.39 is 7.75 Å². The van der Waals surface area contributed by atoms with Gasteiger partial charge in [-0.3, -0.25) is 4.52 Å². The second-order valence-corrected chi connectivity index (χ2v) is 16.5. The zero-order valence-electron chi connectivity index (χ0n) is 26.2. The topological polar surface area (TPSA) is 47.6 Å². The SMILES string of the molecule is CNP(=O)(Oc1ccccc1)OC1CCC2(C)C3=C(CCC2C1(C)C)C1CCC(CCCC=C(C)C)C1(C)CC3. The summed E-state index contributed by atoms with van der Waals surface area (Å²) in [5.41, 5.74) is 5.71. The van der Waals surface area contributed by atoms with Crippen LogP contribution in [-0.2, 0) is 9.09 Å². The molecule has 7 atom stereocenters. The normalized spacial score (nSPS) is 36.2. The number of para-hydroxylation sites is 1. The van der Waals surface area contributed by atoms with Crippen LogP contribution in [0.1, 0.15) is 112 Å². The Bertz CT molecular complexity index is 1170. The van der Waals surface area contributed by atoms with E-state index in [-0.39, 0.29) is 16.9 Å². The first-order valence-corrected chi connectivity index (χ1v) is 17.5. The summed E-state index contributed by atoms with van der Waals surface area (Å²) < 4.78 is 26.1. The van der Waals surface area contributed by atoms with Crippen LogP contribution in [0.5, 0.6) is 5.75 Å². The number of benzene rings is 1. The van der Waals surface area contributed by atoms with Crippen LogP contribution in [0.4, 0.5) is 0 Å². The van der Waals surface area contributed by atoms with Gasteiger partial charge in [0, 0.05) is 0 Å². The second kappa shape index (κ2) is 11.4. The molecule has 5 rings (SSSR count). The van der Waals surface area contributed by atoms with Crippen LogP contribution in [0.15, 0.2) is 53.1 Å². The first kappa shape index (κ1) is 30.1. The van der Waals surface area contributed by atoms with Crippen LogP contribution in [0.2, 0.25) is 0 Å². The zero-order chi connectivity index (χ0) is 28.8. The van der Waals surface area contributed by atoms with Crippen LogP contribution in [0.3, 0.4) is 0 Å². The van der Waals surface area contributed by atoms with E-state index in [1.807, 2.05) is 35.9 Å². The van der Waals surface area contributed by atoms with Crippen LogP contribution < -0.4 is 9.61 Å². The van der Waals surface area contributed by atoms with Crippen molar-refractivity contribution in [2.45, 2.75) is 118 Å². The zero-order valence-corrected chi connectivity index (χ0v) is 27.1. The van der Waals surface area contributed by atoms with Gasteiger partial charge in [0.05, 0.1) is 6.10 Å². The molecule has 222 valence electrons. The van der Waals surface area contributed by atoms with Gasteiger partial charge in [0.2, 0.25) is 0 Å². The molecule has 2 saturated carbocycles. The molecule has 5 heteroatoms. The summed E-state index contributed by atoms with van der Waals surface area (Å²) in [5.74, 6) is 2.75. The molecule has 1 aromatic carbocycles. The van der Waals surface area contributed by atoms with E-state index >= 15 is 0 Å². The Balaban J connectivity index is 1.33. The maximum Gasteiger partial charge on any atom is 0.458 e. The summed E-state index contributed by atoms with van der Waals surface area (Å²) in [4.78, 5) is 0. The van der Waals surface area contributed by atoms with Crippen molar-refractivity contribution in [3.05, 3.63) is 53.1 Å². The number of nitrogens with one attached hydrogen (secondary N) is 1. The van der Waals surface area contributed by atoms with E-state index in [0.717, 1.165) is 24.7 Å². The lowest BCUT2D eigenvalue weighted by molar-refractivity contribution is -0.0842. The summed E-state index contributed by atoms with van der Waals surface area (Å²) >= 11 is 0. The fourth-order valence-electron chi connectivity index (χ4n) is 9.70. The third kappa shape index (κ3) is 5.43. The highest BCUT2D eigenvalue weighted by Crippen LogP contribution is 2.68. The summed E-state index contributed by atoms with van der Waals surface area (Å²) in [6, 6.07) is 9.38. The average Bonchev–Trinajstić information content (AvgIpc) is 3.25. The molecule has 1 aromatic rings. The van der Waals surface area contributed by atoms with E-state index in [9.17, 15) is 4.57 Å². The fraction of sp³-hybridized carbons (Fsp3) is 0.714. The van der Waals surface area contributed by atoms with Gasteiger partial charge in [0.15, 0.2) is 0 Å². The third-order valence-corrected chi connectivity index (χ3v) is 13.4. The maximum absolute atomic E-state index is 13.7. The Morgan fingerprint density at radius 1 is 1.02 bits per heavy atom. The van der Waals surface area contributed by atoms with E-state index in [1.54, 1.807) is 12.6 Å². The Labute approximate surface area is 244 Å². The highest BCUT2D eigenvalue weighted by atomic mass is 31.2. The van der Waals surface area contributed by atoms with Crippen LogP contribution in [-0.4, -0.2) is 13.2 Å². The maximum atomic E-state index is 13.7. The van der Waals surface area contributed by atoms with Gasteiger partial charge >= 0.3 is 7.75 Å². The molecule has 2 fully saturated rings. The highest BCUT2D eigenvalue weighted by Gasteiger charge is 2.59. The highest BCUT2D eigenvalue weighted by molar-refractivity contribution is 7.52. The standard InChI is InChI=1S/C35H54NO3P/c1-25(2)13-11-12-14-26-17-19-29-28-18-20-31-33(3,4)32(22-24-35(31,6)30(28)21-23-34(26,29)5)39-40(37,36-7)38-27-15-9-8-10-16-27/h8-10,13,15-16,26,29,31-32H,11-12,14,17-24H2,1-7H3,(H,36,37). The van der Waals surface area contributed by atoms with Crippen molar-refractivity contribution in [3.8, 4) is 5.75 Å². The lowest BCUT2D eigenvalue weighted by Gasteiger charge is -2.60. The molecule has 40 heavy (non-hydrogen) atoms. The molecule has 0 aromatic heterocycles. The number of allylic oxidation sites excluding steroid dienone is 4. The van der Waals surface area contributed by atoms with Crippen LogP contribution >= 0.6 is 7.75 Å². The van der Waals surface area contributed by atoms with Crippen LogP contribution in [0.25, 0.3) is 0 Å². The second-order valence-electron chi connectivity index (χ2n) is 14.6. The minimum atomic E-state index is -3.48. The van der Waals surface area contributed by atoms with Gasteiger partial charge in [-0.25, -0.2) is 9.65 Å². The summed E-state index contributed by atoms with van der Waals surface area (Å²) in [5, 5.41) is 2.89. The number of unbranched alkanes of at least 4 members (excludes halogenated alkanes) is 1. The lowest BCUT2D eigenvalue weighted by atomic mass is 9.46. The van der Waals surface area contributed by atoms with Crippen molar-refractivity contribution in [2.24, 2.45) is 34.0 Å². The van der Waals surface area contributed by atoms with Crippen molar-refractivity contribution < 1.29 is 13.6 Å². The predicted molar refractivity (Wildman–Crippen MR) is 166 cm³/mol. The number of hydrogen-bond acceptors (Lipinski definition) is 3. The Kier molecular flexibility index (Phi) is 8.57. The predicted octanol–water partition coefficient (Wildman–Crippen LogP) is 10.3. The van der Waals surface area contributed by atoms with Gasteiger partial charge in [-0.05, 0) is 138 Å². The molecule has 0 amide bonds. The Hall–Kier alpha value is -1.35. The van der Waals surface area contributed by atoms with E-state index in [4.69, 9.17) is 9.05 Å². The first-order valence-electron chi connectivity index (χ1n) is 16.0. The molecular weight excluding hydrogens is 513 g/mol. The van der Waals surface area contributed by atoms with E-state index in [2.05, 4.69) is 52.7 Å². The molecule has 0 saturated heterocycles. The lowest BCUT2D eigenvalue weighted by Crippen LogP contribution is -2.54. The Morgan fingerprint density at radius 3 is 2.48 bits per heavy atom. The summed E-state index contributed by atoms with van der Waals surface area (Å²) in [6.45, 7) is 14.4. The third-order valence-electron chi connectivity index (χ3n) is 11.9. The molecule has 0 spiro atoms. The molecular formula is C35H54NO3P. The van der Waals surface area contributed by atoms with E-state index in [0.29, 0.717) is 17.1 Å². The van der Waals surface area contributed by atoms with Gasteiger partial charge in [0.1, 0.15) is 5.75 Å². The minimum absolute atomic E-state index is 0.0953. The minimum Gasteiger partial charge on any atom is -0.413 e. The van der Waals surface area contributed by atoms with Crippen LogP contribution in [0, 0.1) is 34.0 Å². The molecule has 4 aliphatic carbocycles. The Morgan fingerprint density at radius 2 is 1.77 bits per heavy atom. The smallest absolute Gasteiger partial charge is 0.413 e. The fourth-order valence-corrected chi connectivity index (χ4v) is 11.1. The van der Waals surface area contributed by atoms with Crippen molar-refractivity contribution >= 4 is 7.75 Å². The average molecular weight is 568 g/mol. The summed E-state index contributed by atoms with van der Waals surface area (Å²) in [6.07, 6.45) is 16.2. The van der Waals surface area contributed by atoms with Crippen molar-refractivity contribution in [1.29, 1.82) is 0 Å². The number of rotatable bonds is 9. The van der Waals surface area contributed by atoms with Crippen molar-refractivity contribution in [3.63, 3.8) is 0 Å². The largest absolute Gasteiger partial charge is 0.458 e. The summed E-state index contributed by atoms with van der Waals surface area (Å²) in [7, 11) is -1.81. The van der Waals surface area contributed by atoms with Gasteiger partial charge in [-0.15, -0.1) is 0 Å². The van der Waals surface area contributed by atoms with Crippen molar-refractivity contribution in [2.75, 3.05) is 7.05 Å². The molecule has 0 bridgehead atoms. The number of hydrogen-bond donors (Lipinski definition) is 1. The first-order chi connectivity index (χ1) is 18.9. The molecule has 0 aliphatic heterocycles. The molecule has 4 aliphatic rings. The molecule has 0 radical (unpaired) electrons. The number of fused-ring (bicyclic) bond motifs is 4. The van der Waals surface area contributed by atoms with Gasteiger partial charge < -0.3 is 4.52 Å². The quantitative estimate of drug-likeness (QED) is 0.183. The van der Waals surface area contributed by atoms with E-state index in [1.165, 1.54) is 63.4 Å². The molecule has 7 unspecified atom stereocenters. The van der Waals surface area contributed by atoms with Crippen molar-refractivity contribution in [1.82, 2.24) is 5.09 Å². The molecule has 4 nitrogen and oxygen atoms in total. The monoisotopic (exact) mass is 567 g/mol. The van der Waals surface area contributed by atoms with Gasteiger partial charge in [0.25, 0.3) is 0 Å².